The lowest BCUT2D eigenvalue weighted by Gasteiger charge is -2.03. The first-order chi connectivity index (χ1) is 10.7. The maximum absolute atomic E-state index is 12.1. The van der Waals surface area contributed by atoms with E-state index in [0.29, 0.717) is 5.58 Å². The van der Waals surface area contributed by atoms with Crippen LogP contribution in [-0.4, -0.2) is 15.0 Å². The van der Waals surface area contributed by atoms with Crippen molar-refractivity contribution >= 4 is 21.9 Å². The fourth-order valence-corrected chi connectivity index (χ4v) is 2.38. The normalized spacial score (nSPS) is 11.1. The molecule has 0 aliphatic carbocycles. The summed E-state index contributed by atoms with van der Waals surface area (Å²) in [5.74, 6) is 0. The van der Waals surface area contributed by atoms with Crippen LogP contribution in [0.25, 0.3) is 33.1 Å². The second kappa shape index (κ2) is 4.63. The molecule has 6 heteroatoms. The number of fused-ring (bicyclic) bond motifs is 2. The molecule has 0 aliphatic heterocycles. The summed E-state index contributed by atoms with van der Waals surface area (Å²) in [4.78, 5) is 34.2. The second-order valence-electron chi connectivity index (χ2n) is 4.83. The van der Waals surface area contributed by atoms with Crippen LogP contribution in [-0.2, 0) is 0 Å². The number of aromatic nitrogens is 3. The maximum atomic E-state index is 12.1. The molecule has 0 amide bonds. The lowest BCUT2D eigenvalue weighted by molar-refractivity contribution is 0.563. The summed E-state index contributed by atoms with van der Waals surface area (Å²) in [5.41, 5.74) is 0.866. The van der Waals surface area contributed by atoms with Crippen LogP contribution in [0.3, 0.4) is 0 Å². The molecule has 0 saturated heterocycles. The maximum Gasteiger partial charge on any atom is 0.345 e. The van der Waals surface area contributed by atoms with E-state index >= 15 is 0 Å². The Labute approximate surface area is 123 Å². The third-order valence-corrected chi connectivity index (χ3v) is 3.41. The molecule has 4 rings (SSSR count). The predicted octanol–water partition coefficient (Wildman–Crippen LogP) is 2.09. The van der Waals surface area contributed by atoms with Gasteiger partial charge in [0.15, 0.2) is 0 Å². The Bertz CT molecular complexity index is 1130. The quantitative estimate of drug-likeness (QED) is 0.428. The van der Waals surface area contributed by atoms with Crippen molar-refractivity contribution in [3.63, 3.8) is 0 Å². The highest BCUT2D eigenvalue weighted by Gasteiger charge is 2.10. The van der Waals surface area contributed by atoms with Crippen LogP contribution in [0.15, 0.2) is 62.9 Å². The molecule has 22 heavy (non-hydrogen) atoms. The molecule has 0 spiro atoms. The van der Waals surface area contributed by atoms with E-state index in [1.165, 1.54) is 12.4 Å². The number of nitrogens with one attached hydrogen (secondary N) is 1. The number of nitrogens with zero attached hydrogens (tertiary/aromatic N) is 2. The number of H-pyrrole nitrogens is 1. The molecule has 0 atom stereocenters. The Kier molecular flexibility index (Phi) is 2.62. The fraction of sp³-hybridized carbons (Fsp3) is 0. The molecular formula is C16H9N3O3. The van der Waals surface area contributed by atoms with E-state index in [0.717, 1.165) is 16.3 Å². The van der Waals surface area contributed by atoms with Gasteiger partial charge in [-0.25, -0.2) is 9.78 Å². The number of aromatic amines is 1. The van der Waals surface area contributed by atoms with Gasteiger partial charge in [0, 0.05) is 29.1 Å². The average Bonchev–Trinajstić information content (AvgIpc) is 2.52. The predicted molar refractivity (Wildman–Crippen MR) is 81.6 cm³/mol. The smallest absolute Gasteiger partial charge is 0.345 e. The summed E-state index contributed by atoms with van der Waals surface area (Å²) in [5, 5.41) is 1.69. The topological polar surface area (TPSA) is 88.8 Å². The Morgan fingerprint density at radius 1 is 1.00 bits per heavy atom. The van der Waals surface area contributed by atoms with Crippen LogP contribution in [0, 0.1) is 0 Å². The molecule has 4 aromatic rings. The van der Waals surface area contributed by atoms with Crippen LogP contribution < -0.4 is 11.2 Å². The molecule has 0 bridgehead atoms. The molecule has 3 heterocycles. The van der Waals surface area contributed by atoms with Crippen LogP contribution >= 0.6 is 0 Å². The first kappa shape index (κ1) is 12.5. The zero-order valence-corrected chi connectivity index (χ0v) is 11.2. The molecule has 0 saturated carbocycles. The van der Waals surface area contributed by atoms with Crippen LogP contribution in [0.1, 0.15) is 0 Å². The summed E-state index contributed by atoms with van der Waals surface area (Å²) < 4.78 is 5.35. The van der Waals surface area contributed by atoms with E-state index in [1.807, 2.05) is 18.2 Å². The number of benzene rings is 1. The van der Waals surface area contributed by atoms with E-state index < -0.39 is 5.63 Å². The number of rotatable bonds is 1. The molecular weight excluding hydrogens is 282 g/mol. The van der Waals surface area contributed by atoms with Crippen molar-refractivity contribution in [2.75, 3.05) is 0 Å². The molecule has 3 aromatic heterocycles. The van der Waals surface area contributed by atoms with Gasteiger partial charge in [-0.2, -0.15) is 0 Å². The van der Waals surface area contributed by atoms with E-state index in [9.17, 15) is 9.59 Å². The van der Waals surface area contributed by atoms with Gasteiger partial charge in [-0.05, 0) is 18.2 Å². The van der Waals surface area contributed by atoms with Gasteiger partial charge in [0.25, 0.3) is 5.56 Å². The minimum Gasteiger partial charge on any atom is -0.422 e. The average molecular weight is 291 g/mol. The third kappa shape index (κ3) is 1.98. The van der Waals surface area contributed by atoms with E-state index in [4.69, 9.17) is 4.42 Å². The van der Waals surface area contributed by atoms with Crippen molar-refractivity contribution in [2.45, 2.75) is 0 Å². The van der Waals surface area contributed by atoms with Gasteiger partial charge in [-0.1, -0.05) is 6.07 Å². The van der Waals surface area contributed by atoms with E-state index in [1.54, 1.807) is 18.3 Å². The SMILES string of the molecule is O=c1cc(-c2cc3cc4cccnc4cc3oc2=O)nc[nH]1. The largest absolute Gasteiger partial charge is 0.422 e. The van der Waals surface area contributed by atoms with E-state index in [2.05, 4.69) is 15.0 Å². The Hall–Kier alpha value is -3.28. The summed E-state index contributed by atoms with van der Waals surface area (Å²) >= 11 is 0. The monoisotopic (exact) mass is 291 g/mol. The van der Waals surface area contributed by atoms with Gasteiger partial charge in [0.05, 0.1) is 23.1 Å². The van der Waals surface area contributed by atoms with Gasteiger partial charge in [-0.3, -0.25) is 9.78 Å². The van der Waals surface area contributed by atoms with E-state index in [-0.39, 0.29) is 16.8 Å². The highest BCUT2D eigenvalue weighted by molar-refractivity contribution is 5.94. The zero-order valence-electron chi connectivity index (χ0n) is 11.2. The molecule has 0 fully saturated rings. The van der Waals surface area contributed by atoms with Crippen molar-refractivity contribution in [3.8, 4) is 11.3 Å². The second-order valence-corrected chi connectivity index (χ2v) is 4.83. The summed E-state index contributed by atoms with van der Waals surface area (Å²) in [6, 6.07) is 10.3. The third-order valence-electron chi connectivity index (χ3n) is 3.41. The molecule has 6 nitrogen and oxygen atoms in total. The van der Waals surface area contributed by atoms with Crippen molar-refractivity contribution in [1.29, 1.82) is 0 Å². The molecule has 0 unspecified atom stereocenters. The van der Waals surface area contributed by atoms with Gasteiger partial charge in [-0.15, -0.1) is 0 Å². The summed E-state index contributed by atoms with van der Waals surface area (Å²) in [6.07, 6.45) is 2.94. The first-order valence-electron chi connectivity index (χ1n) is 6.58. The minimum atomic E-state index is -0.541. The van der Waals surface area contributed by atoms with Crippen LogP contribution in [0.4, 0.5) is 0 Å². The van der Waals surface area contributed by atoms with Crippen LogP contribution in [0.5, 0.6) is 0 Å². The number of hydrogen-bond acceptors (Lipinski definition) is 5. The van der Waals surface area contributed by atoms with Gasteiger partial charge in [0.1, 0.15) is 5.58 Å². The highest BCUT2D eigenvalue weighted by atomic mass is 16.4. The first-order valence-corrected chi connectivity index (χ1v) is 6.58. The van der Waals surface area contributed by atoms with Crippen molar-refractivity contribution in [3.05, 3.63) is 69.7 Å². The lowest BCUT2D eigenvalue weighted by Crippen LogP contribution is -2.09. The van der Waals surface area contributed by atoms with Gasteiger partial charge in [0.2, 0.25) is 0 Å². The zero-order chi connectivity index (χ0) is 15.1. The Morgan fingerprint density at radius 2 is 1.91 bits per heavy atom. The molecule has 1 aromatic carbocycles. The molecule has 0 aliphatic rings. The van der Waals surface area contributed by atoms with Gasteiger partial charge < -0.3 is 9.40 Å². The number of hydrogen-bond donors (Lipinski definition) is 1. The Morgan fingerprint density at radius 3 is 2.77 bits per heavy atom. The molecule has 0 radical (unpaired) electrons. The fourth-order valence-electron chi connectivity index (χ4n) is 2.38. The Balaban J connectivity index is 2.05. The molecule has 1 N–H and O–H groups in total. The molecule has 106 valence electrons. The van der Waals surface area contributed by atoms with Crippen molar-refractivity contribution in [1.82, 2.24) is 15.0 Å². The minimum absolute atomic E-state index is 0.252. The van der Waals surface area contributed by atoms with Crippen LogP contribution in [0.2, 0.25) is 0 Å². The van der Waals surface area contributed by atoms with Gasteiger partial charge >= 0.3 is 5.63 Å². The number of pyridine rings is 1. The lowest BCUT2D eigenvalue weighted by atomic mass is 10.1. The summed E-state index contributed by atoms with van der Waals surface area (Å²) in [6.45, 7) is 0. The highest BCUT2D eigenvalue weighted by Crippen LogP contribution is 2.23. The van der Waals surface area contributed by atoms with Crippen molar-refractivity contribution in [2.24, 2.45) is 0 Å². The summed E-state index contributed by atoms with van der Waals surface area (Å²) in [7, 11) is 0. The standard InChI is InChI=1S/C16H9N3O3/c20-15-7-13(18-8-19-15)11-5-10-4-9-2-1-3-17-12(9)6-14(10)22-16(11)21/h1-8H,(H,18,19,20). The van der Waals surface area contributed by atoms with Crippen molar-refractivity contribution < 1.29 is 4.42 Å².